The molecule has 32 atom stereocenters. The lowest BCUT2D eigenvalue weighted by atomic mass is 9.39. The largest absolute Gasteiger partial charge is 0.394 e. The van der Waals surface area contributed by atoms with Crippen LogP contribution < -0.4 is 0 Å². The molecule has 0 aromatic heterocycles. The topological polar surface area (TPSA) is 407 Å². The molecule has 486 valence electrons. The Morgan fingerprint density at radius 2 is 1.21 bits per heavy atom. The van der Waals surface area contributed by atoms with Gasteiger partial charge in [-0.15, -0.1) is 0 Å². The van der Waals surface area contributed by atoms with Gasteiger partial charge in [-0.3, -0.25) is 0 Å². The number of aliphatic hydroxyl groups excluding tert-OH is 15. The maximum atomic E-state index is 11.8. The molecule has 84 heavy (non-hydrogen) atoms. The van der Waals surface area contributed by atoms with E-state index in [1.807, 2.05) is 0 Å². The summed E-state index contributed by atoms with van der Waals surface area (Å²) in [6.07, 6.45) is -25.3. The molecule has 25 nitrogen and oxygen atoms in total. The summed E-state index contributed by atoms with van der Waals surface area (Å²) in [5, 5.41) is 172. The van der Waals surface area contributed by atoms with Gasteiger partial charge in [-0.1, -0.05) is 53.2 Å². The molecule has 0 aromatic rings. The molecule has 0 bridgehead atoms. The zero-order chi connectivity index (χ0) is 61.5. The minimum atomic E-state index is -1.90. The van der Waals surface area contributed by atoms with Crippen LogP contribution in [0.1, 0.15) is 120 Å². The van der Waals surface area contributed by atoms with Crippen LogP contribution >= 0.6 is 0 Å². The van der Waals surface area contributed by atoms with E-state index in [-0.39, 0.29) is 53.4 Å². The number of hydrogen-bond donors (Lipinski definition) is 16. The Labute approximate surface area is 491 Å². The van der Waals surface area contributed by atoms with Gasteiger partial charge in [-0.2, -0.15) is 0 Å². The van der Waals surface area contributed by atoms with Crippen molar-refractivity contribution in [2.45, 2.75) is 272 Å². The van der Waals surface area contributed by atoms with Crippen molar-refractivity contribution in [3.8, 4) is 0 Å². The highest BCUT2D eigenvalue weighted by atomic mass is 16.8. The summed E-state index contributed by atoms with van der Waals surface area (Å²) in [5.41, 5.74) is -0.967. The summed E-state index contributed by atoms with van der Waals surface area (Å²) in [6.45, 7) is 14.2. The summed E-state index contributed by atoms with van der Waals surface area (Å²) < 4.78 is 54.3. The molecule has 25 heteroatoms. The van der Waals surface area contributed by atoms with Crippen molar-refractivity contribution in [3.05, 3.63) is 11.6 Å². The Kier molecular flexibility index (Phi) is 20.6. The summed E-state index contributed by atoms with van der Waals surface area (Å²) in [4.78, 5) is 0. The summed E-state index contributed by atoms with van der Waals surface area (Å²) in [6, 6.07) is 0. The molecule has 9 aliphatic rings. The van der Waals surface area contributed by atoms with Crippen LogP contribution in [0.3, 0.4) is 0 Å². The standard InChI is InChI=1S/C59H100O25/c1-25(9-13-38(56(4,5)75)83-54-50(84-53-48(74)44(70)41(67)34(22-62)80-53)45(71)42(68)35(81-54)24-77-51-46(72)40(66)31(65)23-76-51)26-15-16-59(8)36-12-10-27-28(57(36,6)17-18-58(26,59)7)11-14-37(55(27,2)3)82-52-47(73)43(69)39(33(21-61)79-52)49-30(64)19-29(63)32(20-60)78-49/h10,25-26,28-54,60-75H,9,11-24H2,1-8H3/t25-,26?,28?,29+,30-,31-,32-,33-,34+,35-,36?,37+,38-,39?,40+,41+,42-,43+,44-,45+,46-,47-,48+,49-,50-,51+,52+,53-,54+,57+,58-,59+/m1/s1. The highest BCUT2D eigenvalue weighted by molar-refractivity contribution is 5.30. The van der Waals surface area contributed by atoms with Crippen molar-refractivity contribution in [3.63, 3.8) is 0 Å². The molecule has 5 saturated heterocycles. The first-order chi connectivity index (χ1) is 39.4. The summed E-state index contributed by atoms with van der Waals surface area (Å²) >= 11 is 0. The second-order valence-corrected chi connectivity index (χ2v) is 28.1. The SMILES string of the molecule is C[C@H](CC[C@@H](O[C@@H]1O[C@H](CO[C@@H]2OC[C@@H](O)[C@H](O)[C@H]2O)[C@@H](O)[C@H](O)[C@H]1O[C@H]1O[C@@H](CO)[C@H](O)[C@@H](O)[C@@H]1O)C(C)(C)O)C1CC[C@@]2(C)C3CC=C4C(CC[C@H](O[C@@H]5O[C@H](CO)C([C@@H]6O[C@H](CO)[C@@H](O)C[C@H]6O)[C@H](O)[C@H]5O)C4(C)C)[C@]3(C)CC[C@]12C. The zero-order valence-corrected chi connectivity index (χ0v) is 49.8. The van der Waals surface area contributed by atoms with E-state index in [4.69, 9.17) is 42.6 Å². The van der Waals surface area contributed by atoms with Crippen molar-refractivity contribution in [1.29, 1.82) is 0 Å². The molecule has 16 N–H and O–H groups in total. The third-order valence-electron chi connectivity index (χ3n) is 22.6. The van der Waals surface area contributed by atoms with Crippen LogP contribution in [0.2, 0.25) is 0 Å². The highest BCUT2D eigenvalue weighted by Gasteiger charge is 2.68. The molecule has 5 aliphatic heterocycles. The Bertz CT molecular complexity index is 2200. The maximum Gasteiger partial charge on any atom is 0.187 e. The lowest BCUT2D eigenvalue weighted by Crippen LogP contribution is -2.65. The third-order valence-corrected chi connectivity index (χ3v) is 22.6. The predicted molar refractivity (Wildman–Crippen MR) is 290 cm³/mol. The van der Waals surface area contributed by atoms with Gasteiger partial charge in [0.25, 0.3) is 0 Å². The Morgan fingerprint density at radius 1 is 0.595 bits per heavy atom. The van der Waals surface area contributed by atoms with E-state index in [1.54, 1.807) is 13.8 Å². The predicted octanol–water partition coefficient (Wildman–Crippen LogP) is -2.44. The monoisotopic (exact) mass is 1210 g/mol. The highest BCUT2D eigenvalue weighted by Crippen LogP contribution is 2.75. The van der Waals surface area contributed by atoms with Crippen molar-refractivity contribution >= 4 is 0 Å². The minimum absolute atomic E-state index is 0.0584. The summed E-state index contributed by atoms with van der Waals surface area (Å²) in [5.74, 6) is -0.110. The quantitative estimate of drug-likeness (QED) is 0.0634. The lowest BCUT2D eigenvalue weighted by molar-refractivity contribution is -0.379. The molecule has 5 heterocycles. The van der Waals surface area contributed by atoms with Gasteiger partial charge >= 0.3 is 0 Å². The average molecular weight is 1210 g/mol. The molecule has 0 amide bonds. The van der Waals surface area contributed by atoms with Crippen molar-refractivity contribution < 1.29 is 124 Å². The van der Waals surface area contributed by atoms with E-state index in [9.17, 15) is 81.7 Å². The van der Waals surface area contributed by atoms with Gasteiger partial charge in [0.15, 0.2) is 25.2 Å². The Morgan fingerprint density at radius 3 is 1.88 bits per heavy atom. The first-order valence-corrected chi connectivity index (χ1v) is 30.6. The molecule has 9 rings (SSSR count). The number of allylic oxidation sites excluding steroid dienone is 1. The smallest absolute Gasteiger partial charge is 0.187 e. The Hall–Kier alpha value is -1.26. The van der Waals surface area contributed by atoms with Crippen LogP contribution in [0.15, 0.2) is 11.6 Å². The fourth-order valence-electron chi connectivity index (χ4n) is 17.2. The van der Waals surface area contributed by atoms with E-state index in [0.717, 1.165) is 38.5 Å². The number of hydrogen-bond acceptors (Lipinski definition) is 25. The zero-order valence-electron chi connectivity index (χ0n) is 49.8. The van der Waals surface area contributed by atoms with Crippen LogP contribution in [0.25, 0.3) is 0 Å². The summed E-state index contributed by atoms with van der Waals surface area (Å²) in [7, 11) is 0. The fraction of sp³-hybridized carbons (Fsp3) is 0.966. The van der Waals surface area contributed by atoms with Gasteiger partial charge in [0.1, 0.15) is 79.4 Å². The second-order valence-electron chi connectivity index (χ2n) is 28.1. The second kappa shape index (κ2) is 25.8. The van der Waals surface area contributed by atoms with Crippen LogP contribution in [0, 0.1) is 51.2 Å². The molecule has 0 radical (unpaired) electrons. The number of rotatable bonds is 18. The number of fused-ring (bicyclic) bond motifs is 5. The molecule has 3 saturated carbocycles. The van der Waals surface area contributed by atoms with Gasteiger partial charge in [-0.25, -0.2) is 0 Å². The van der Waals surface area contributed by atoms with Crippen LogP contribution in [0.4, 0.5) is 0 Å². The van der Waals surface area contributed by atoms with Crippen molar-refractivity contribution in [2.24, 2.45) is 51.2 Å². The fourth-order valence-corrected chi connectivity index (χ4v) is 17.2. The minimum Gasteiger partial charge on any atom is -0.394 e. The Balaban J connectivity index is 0.876. The van der Waals surface area contributed by atoms with Gasteiger partial charge in [-0.05, 0) is 112 Å². The average Bonchev–Trinajstić information content (AvgIpc) is 3.10. The molecule has 4 aliphatic carbocycles. The molecule has 4 unspecified atom stereocenters. The van der Waals surface area contributed by atoms with Gasteiger partial charge in [0.05, 0.1) is 81.4 Å². The van der Waals surface area contributed by atoms with E-state index in [1.165, 1.54) is 5.57 Å². The lowest BCUT2D eigenvalue weighted by Gasteiger charge is -2.66. The van der Waals surface area contributed by atoms with Gasteiger partial charge in [0, 0.05) is 17.8 Å². The molecule has 8 fully saturated rings. The maximum absolute atomic E-state index is 11.8. The van der Waals surface area contributed by atoms with Crippen molar-refractivity contribution in [1.82, 2.24) is 0 Å². The van der Waals surface area contributed by atoms with Crippen LogP contribution in [-0.2, 0) is 42.6 Å². The first-order valence-electron chi connectivity index (χ1n) is 30.6. The van der Waals surface area contributed by atoms with Crippen molar-refractivity contribution in [2.75, 3.05) is 33.0 Å². The first kappa shape index (κ1) is 67.1. The van der Waals surface area contributed by atoms with E-state index in [0.29, 0.717) is 18.8 Å². The molecular formula is C59H100O25. The van der Waals surface area contributed by atoms with E-state index >= 15 is 0 Å². The van der Waals surface area contributed by atoms with Gasteiger partial charge < -0.3 is 124 Å². The van der Waals surface area contributed by atoms with Gasteiger partial charge in [0.2, 0.25) is 0 Å². The van der Waals surface area contributed by atoms with E-state index in [2.05, 4.69) is 47.6 Å². The normalized spacial score (nSPS) is 51.5. The third kappa shape index (κ3) is 12.1. The molecule has 0 aromatic carbocycles. The number of ether oxygens (including phenoxy) is 9. The van der Waals surface area contributed by atoms with E-state index < -0.39 is 191 Å². The van der Waals surface area contributed by atoms with Crippen LogP contribution in [-0.4, -0.2) is 268 Å². The molecule has 0 spiro atoms. The van der Waals surface area contributed by atoms with Crippen LogP contribution in [0.5, 0.6) is 0 Å². The number of aliphatic hydroxyl groups is 16. The molecular weight excluding hydrogens is 1110 g/mol.